The summed E-state index contributed by atoms with van der Waals surface area (Å²) in [4.78, 5) is 21.4. The zero-order chi connectivity index (χ0) is 21.1. The Kier molecular flexibility index (Phi) is 9.78. The van der Waals surface area contributed by atoms with E-state index in [-0.39, 0.29) is 24.9 Å². The summed E-state index contributed by atoms with van der Waals surface area (Å²) in [6, 6.07) is 3.71. The summed E-state index contributed by atoms with van der Waals surface area (Å²) in [5, 5.41) is 1.18. The molecule has 1 aromatic carbocycles. The van der Waals surface area contributed by atoms with E-state index in [9.17, 15) is 13.2 Å². The van der Waals surface area contributed by atoms with Gasteiger partial charge >= 0.3 is 0 Å². The predicted octanol–water partition coefficient (Wildman–Crippen LogP) is 3.25. The van der Waals surface area contributed by atoms with Crippen LogP contribution in [0.15, 0.2) is 12.1 Å². The Balaban J connectivity index is 0.00000420. The van der Waals surface area contributed by atoms with Gasteiger partial charge in [-0.1, -0.05) is 36.8 Å². The number of sulfonamides is 1. The average Bonchev–Trinajstić information content (AvgIpc) is 3.05. The molecule has 0 N–H and O–H groups in total. The van der Waals surface area contributed by atoms with Crippen molar-refractivity contribution in [2.45, 2.75) is 20.8 Å². The third-order valence-electron chi connectivity index (χ3n) is 4.73. The molecule has 1 amide bonds. The fraction of sp³-hybridized carbons (Fsp3) is 0.556. The molecule has 0 unspecified atom stereocenters. The van der Waals surface area contributed by atoms with Gasteiger partial charge in [-0.05, 0) is 37.7 Å². The Morgan fingerprint density at radius 3 is 2.38 bits per heavy atom. The van der Waals surface area contributed by atoms with Gasteiger partial charge in [0, 0.05) is 25.2 Å². The van der Waals surface area contributed by atoms with Crippen LogP contribution in [0.25, 0.3) is 10.2 Å². The van der Waals surface area contributed by atoms with Gasteiger partial charge in [-0.2, -0.15) is 4.31 Å². The number of aromatic nitrogens is 1. The number of halogens is 2. The summed E-state index contributed by atoms with van der Waals surface area (Å²) in [5.41, 5.74) is 1.63. The van der Waals surface area contributed by atoms with Crippen LogP contribution >= 0.6 is 35.3 Å². The van der Waals surface area contributed by atoms with Gasteiger partial charge < -0.3 is 4.90 Å². The number of thiazole rings is 1. The number of hydrogen-bond acceptors (Lipinski definition) is 6. The molecule has 0 aliphatic heterocycles. The average molecular weight is 483 g/mol. The van der Waals surface area contributed by atoms with E-state index in [2.05, 4.69) is 23.7 Å². The zero-order valence-electron chi connectivity index (χ0n) is 17.3. The van der Waals surface area contributed by atoms with Crippen LogP contribution in [0.1, 0.15) is 19.4 Å². The second-order valence-corrected chi connectivity index (χ2v) is 10.1. The molecule has 2 aromatic rings. The number of amides is 1. The Morgan fingerprint density at radius 2 is 1.83 bits per heavy atom. The van der Waals surface area contributed by atoms with Crippen molar-refractivity contribution in [2.24, 2.45) is 0 Å². The minimum Gasteiger partial charge on any atom is -0.302 e. The van der Waals surface area contributed by atoms with Crippen LogP contribution in [0.2, 0.25) is 5.02 Å². The summed E-state index contributed by atoms with van der Waals surface area (Å²) in [6.45, 7) is 8.65. The minimum absolute atomic E-state index is 0. The van der Waals surface area contributed by atoms with Gasteiger partial charge in [0.2, 0.25) is 15.9 Å². The third kappa shape index (κ3) is 6.50. The van der Waals surface area contributed by atoms with Crippen LogP contribution in [0, 0.1) is 6.92 Å². The Bertz CT molecular complexity index is 946. The number of carbonyl (C=O) groups excluding carboxylic acids is 1. The molecule has 0 atom stereocenters. The molecule has 0 saturated carbocycles. The number of aryl methyl sites for hydroxylation is 1. The fourth-order valence-corrected chi connectivity index (χ4v) is 4.27. The van der Waals surface area contributed by atoms with Crippen molar-refractivity contribution in [1.29, 1.82) is 0 Å². The predicted molar refractivity (Wildman–Crippen MR) is 124 cm³/mol. The van der Waals surface area contributed by atoms with E-state index >= 15 is 0 Å². The van der Waals surface area contributed by atoms with E-state index in [1.807, 2.05) is 19.1 Å². The highest BCUT2D eigenvalue weighted by Crippen LogP contribution is 2.33. The van der Waals surface area contributed by atoms with Gasteiger partial charge in [0.1, 0.15) is 0 Å². The molecule has 11 heteroatoms. The lowest BCUT2D eigenvalue weighted by Crippen LogP contribution is -2.44. The van der Waals surface area contributed by atoms with E-state index in [0.29, 0.717) is 23.2 Å². The zero-order valence-corrected chi connectivity index (χ0v) is 20.5. The van der Waals surface area contributed by atoms with Crippen molar-refractivity contribution in [1.82, 2.24) is 14.2 Å². The summed E-state index contributed by atoms with van der Waals surface area (Å²) < 4.78 is 25.4. The SMILES string of the molecule is CCN(CC)CCN(C(=O)CN(C)S(C)(=O)=O)c1nc2c(C)c(Cl)ccc2s1.Cl. The molecule has 0 radical (unpaired) electrons. The second kappa shape index (κ2) is 10.9. The van der Waals surface area contributed by atoms with Gasteiger partial charge in [0.25, 0.3) is 0 Å². The molecule has 0 saturated heterocycles. The Morgan fingerprint density at radius 1 is 1.21 bits per heavy atom. The Labute approximate surface area is 188 Å². The lowest BCUT2D eigenvalue weighted by atomic mass is 10.2. The van der Waals surface area contributed by atoms with Crippen LogP contribution in [0.5, 0.6) is 0 Å². The van der Waals surface area contributed by atoms with E-state index < -0.39 is 10.0 Å². The lowest BCUT2D eigenvalue weighted by Gasteiger charge is -2.26. The van der Waals surface area contributed by atoms with Crippen molar-refractivity contribution in [3.63, 3.8) is 0 Å². The molecule has 0 bridgehead atoms. The minimum atomic E-state index is -3.45. The van der Waals surface area contributed by atoms with Crippen molar-refractivity contribution < 1.29 is 13.2 Å². The summed E-state index contributed by atoms with van der Waals surface area (Å²) in [6.07, 6.45) is 1.09. The number of rotatable bonds is 9. The number of fused-ring (bicyclic) bond motifs is 1. The van der Waals surface area contributed by atoms with Crippen molar-refractivity contribution >= 4 is 66.6 Å². The molecular formula is C18H28Cl2N4O3S2. The maximum Gasteiger partial charge on any atom is 0.244 e. The number of nitrogens with zero attached hydrogens (tertiary/aromatic N) is 4. The molecular weight excluding hydrogens is 455 g/mol. The summed E-state index contributed by atoms with van der Waals surface area (Å²) in [5.74, 6) is -0.303. The summed E-state index contributed by atoms with van der Waals surface area (Å²) in [7, 11) is -2.05. The van der Waals surface area contributed by atoms with Gasteiger partial charge in [-0.15, -0.1) is 12.4 Å². The molecule has 0 fully saturated rings. The number of likely N-dealkylation sites (N-methyl/N-ethyl adjacent to an activating group) is 2. The standard InChI is InChI=1S/C18H27ClN4O3S2.ClH/c1-6-22(7-2)10-11-23(16(24)12-21(4)28(5,25)26)18-20-17-13(3)14(19)8-9-15(17)27-18;/h8-9H,6-7,10-12H2,1-5H3;1H. The summed E-state index contributed by atoms with van der Waals surface area (Å²) >= 11 is 7.61. The normalized spacial score (nSPS) is 11.9. The van der Waals surface area contributed by atoms with Crippen LogP contribution in [-0.2, 0) is 14.8 Å². The van der Waals surface area contributed by atoms with E-state index in [0.717, 1.165) is 39.4 Å². The number of benzene rings is 1. The maximum atomic E-state index is 13.0. The Hall–Kier alpha value is -0.970. The van der Waals surface area contributed by atoms with Crippen LogP contribution in [0.4, 0.5) is 5.13 Å². The highest BCUT2D eigenvalue weighted by molar-refractivity contribution is 7.88. The fourth-order valence-electron chi connectivity index (χ4n) is 2.71. The van der Waals surface area contributed by atoms with Gasteiger partial charge in [0.05, 0.1) is 23.0 Å². The van der Waals surface area contributed by atoms with Crippen molar-refractivity contribution in [3.8, 4) is 0 Å². The highest BCUT2D eigenvalue weighted by atomic mass is 35.5. The first-order chi connectivity index (χ1) is 13.1. The monoisotopic (exact) mass is 482 g/mol. The number of carbonyl (C=O) groups is 1. The number of anilines is 1. The molecule has 164 valence electrons. The quantitative estimate of drug-likeness (QED) is 0.548. The molecule has 0 aliphatic rings. The van der Waals surface area contributed by atoms with Gasteiger partial charge in [-0.25, -0.2) is 13.4 Å². The first-order valence-corrected chi connectivity index (χ1v) is 12.1. The van der Waals surface area contributed by atoms with Gasteiger partial charge in [0.15, 0.2) is 5.13 Å². The molecule has 2 rings (SSSR count). The topological polar surface area (TPSA) is 73.8 Å². The molecule has 0 aliphatic carbocycles. The lowest BCUT2D eigenvalue weighted by molar-refractivity contribution is -0.118. The first kappa shape index (κ1) is 26.1. The third-order valence-corrected chi connectivity index (χ3v) is 7.44. The van der Waals surface area contributed by atoms with E-state index in [4.69, 9.17) is 11.6 Å². The smallest absolute Gasteiger partial charge is 0.244 e. The van der Waals surface area contributed by atoms with Gasteiger partial charge in [-0.3, -0.25) is 9.69 Å². The second-order valence-electron chi connectivity index (χ2n) is 6.61. The van der Waals surface area contributed by atoms with E-state index in [1.54, 1.807) is 4.90 Å². The van der Waals surface area contributed by atoms with Crippen LogP contribution < -0.4 is 4.90 Å². The molecule has 0 spiro atoms. The van der Waals surface area contributed by atoms with Crippen LogP contribution in [-0.4, -0.2) is 74.5 Å². The highest BCUT2D eigenvalue weighted by Gasteiger charge is 2.24. The first-order valence-electron chi connectivity index (χ1n) is 9.08. The van der Waals surface area contributed by atoms with E-state index in [1.165, 1.54) is 18.4 Å². The maximum absolute atomic E-state index is 13.0. The number of hydrogen-bond donors (Lipinski definition) is 0. The van der Waals surface area contributed by atoms with Crippen LogP contribution in [0.3, 0.4) is 0 Å². The molecule has 7 nitrogen and oxygen atoms in total. The van der Waals surface area contributed by atoms with Crippen molar-refractivity contribution in [3.05, 3.63) is 22.7 Å². The largest absolute Gasteiger partial charge is 0.302 e. The molecule has 1 aromatic heterocycles. The van der Waals surface area contributed by atoms with Crippen molar-refractivity contribution in [2.75, 3.05) is 50.9 Å². The molecule has 1 heterocycles. The molecule has 29 heavy (non-hydrogen) atoms.